The molecular formula is C55H64ClN7O8. The van der Waals surface area contributed by atoms with Crippen LogP contribution in [-0.2, 0) is 19.1 Å². The molecule has 7 rings (SSSR count). The molecule has 4 atom stereocenters. The Hall–Kier alpha value is -6.73. The third kappa shape index (κ3) is 11.7. The Morgan fingerprint density at radius 1 is 0.901 bits per heavy atom. The SMILES string of the molecule is [C-]#[N+]c1ccc(OC2C(C)(C)C(NC(=O)c3ccc(-c4ccc(OCCOCC(=O)N[C@H](C(=O)N5C[C@H](O)C[C@H]5C(=O)N[C@@H](C)c5ccc(-n6ccnc6C)cc5)C(C)(C)C)cc4)cc3)C2(C)C)cc1Cl. The molecule has 1 aliphatic heterocycles. The summed E-state index contributed by atoms with van der Waals surface area (Å²) in [6, 6.07) is 25.3. The monoisotopic (exact) mass is 985 g/mol. The third-order valence-electron chi connectivity index (χ3n) is 13.6. The van der Waals surface area contributed by atoms with E-state index in [9.17, 15) is 24.3 Å². The molecule has 1 aliphatic carbocycles. The summed E-state index contributed by atoms with van der Waals surface area (Å²) < 4.78 is 19.8. The number of aliphatic hydroxyl groups is 1. The Kier molecular flexibility index (Phi) is 15.6. The molecule has 4 amide bonds. The third-order valence-corrected chi connectivity index (χ3v) is 13.9. The summed E-state index contributed by atoms with van der Waals surface area (Å²) in [6.45, 7) is 24.7. The van der Waals surface area contributed by atoms with Crippen molar-refractivity contribution >= 4 is 40.9 Å². The molecule has 71 heavy (non-hydrogen) atoms. The van der Waals surface area contributed by atoms with Gasteiger partial charge in [0.25, 0.3) is 5.91 Å². The zero-order valence-electron chi connectivity index (χ0n) is 41.8. The van der Waals surface area contributed by atoms with Crippen molar-refractivity contribution in [2.24, 2.45) is 16.2 Å². The van der Waals surface area contributed by atoms with Crippen LogP contribution in [0.3, 0.4) is 0 Å². The molecule has 0 unspecified atom stereocenters. The van der Waals surface area contributed by atoms with E-state index in [1.54, 1.807) is 36.5 Å². The molecule has 0 bridgehead atoms. The number of rotatable bonds is 17. The molecule has 16 heteroatoms. The van der Waals surface area contributed by atoms with Gasteiger partial charge < -0.3 is 44.7 Å². The van der Waals surface area contributed by atoms with Gasteiger partial charge in [0.2, 0.25) is 23.4 Å². The summed E-state index contributed by atoms with van der Waals surface area (Å²) in [5.41, 5.74) is 3.05. The minimum Gasteiger partial charge on any atom is -0.491 e. The number of aliphatic hydroxyl groups excluding tert-OH is 1. The first-order chi connectivity index (χ1) is 33.6. The molecule has 0 radical (unpaired) electrons. The molecule has 4 N–H and O–H groups in total. The molecular weight excluding hydrogens is 922 g/mol. The van der Waals surface area contributed by atoms with Crippen LogP contribution in [-0.4, -0.2) is 99.9 Å². The van der Waals surface area contributed by atoms with E-state index >= 15 is 0 Å². The quantitative estimate of drug-likeness (QED) is 0.0526. The number of β-amino-alcohol motifs (C(OH)–C–C–N with tert-alkyl or cyclic N) is 1. The van der Waals surface area contributed by atoms with Crippen LogP contribution in [0.4, 0.5) is 5.69 Å². The number of halogens is 1. The van der Waals surface area contributed by atoms with Crippen LogP contribution in [0.5, 0.6) is 11.5 Å². The minimum absolute atomic E-state index is 0.0375. The summed E-state index contributed by atoms with van der Waals surface area (Å²) in [4.78, 5) is 63.5. The van der Waals surface area contributed by atoms with E-state index in [1.165, 1.54) is 4.90 Å². The van der Waals surface area contributed by atoms with Gasteiger partial charge in [-0.2, -0.15) is 0 Å². The van der Waals surface area contributed by atoms with Crippen molar-refractivity contribution in [2.45, 2.75) is 105 Å². The van der Waals surface area contributed by atoms with Gasteiger partial charge in [-0.1, -0.05) is 103 Å². The first-order valence-electron chi connectivity index (χ1n) is 23.8. The number of likely N-dealkylation sites (tertiary alicyclic amines) is 1. The van der Waals surface area contributed by atoms with Gasteiger partial charge in [0.15, 0.2) is 0 Å². The lowest BCUT2D eigenvalue weighted by Gasteiger charge is -2.63. The number of nitrogens with zero attached hydrogens (tertiary/aromatic N) is 4. The van der Waals surface area contributed by atoms with Gasteiger partial charge >= 0.3 is 0 Å². The fourth-order valence-electron chi connectivity index (χ4n) is 10.0. The fourth-order valence-corrected chi connectivity index (χ4v) is 10.2. The van der Waals surface area contributed by atoms with Crippen molar-refractivity contribution in [1.29, 1.82) is 0 Å². The predicted octanol–water partition coefficient (Wildman–Crippen LogP) is 8.43. The average Bonchev–Trinajstić information content (AvgIpc) is 3.96. The van der Waals surface area contributed by atoms with Crippen molar-refractivity contribution < 1.29 is 38.5 Å². The van der Waals surface area contributed by atoms with E-state index in [-0.39, 0.29) is 62.8 Å². The number of imidazole rings is 1. The van der Waals surface area contributed by atoms with E-state index in [4.69, 9.17) is 32.4 Å². The largest absolute Gasteiger partial charge is 0.491 e. The summed E-state index contributed by atoms with van der Waals surface area (Å²) >= 11 is 6.26. The number of hydrogen-bond donors (Lipinski definition) is 4. The number of ether oxygens (including phenoxy) is 3. The van der Waals surface area contributed by atoms with Gasteiger partial charge in [-0.25, -0.2) is 9.83 Å². The van der Waals surface area contributed by atoms with E-state index in [0.717, 1.165) is 28.2 Å². The van der Waals surface area contributed by atoms with Gasteiger partial charge in [0, 0.05) is 53.5 Å². The molecule has 2 heterocycles. The number of nitrogens with one attached hydrogen (secondary N) is 3. The van der Waals surface area contributed by atoms with Crippen LogP contribution in [0.1, 0.15) is 89.6 Å². The van der Waals surface area contributed by atoms with Gasteiger partial charge in [0.1, 0.15) is 48.7 Å². The Morgan fingerprint density at radius 2 is 1.54 bits per heavy atom. The summed E-state index contributed by atoms with van der Waals surface area (Å²) in [5.74, 6) is 0.502. The van der Waals surface area contributed by atoms with Gasteiger partial charge in [-0.3, -0.25) is 19.2 Å². The van der Waals surface area contributed by atoms with Crippen LogP contribution >= 0.6 is 11.6 Å². The van der Waals surface area contributed by atoms with Crippen molar-refractivity contribution in [3.05, 3.63) is 137 Å². The highest BCUT2D eigenvalue weighted by atomic mass is 35.5. The van der Waals surface area contributed by atoms with Crippen molar-refractivity contribution in [2.75, 3.05) is 26.4 Å². The molecule has 1 saturated carbocycles. The number of amides is 4. The first kappa shape index (κ1) is 52.1. The number of carbonyl (C=O) groups is 4. The maximum absolute atomic E-state index is 14.1. The molecule has 5 aromatic rings. The standard InChI is InChI=1S/C55H64ClN7O8/c1-33(35-15-19-39(20-16-35)62-26-25-58-34(62)2)59-49(67)45-29-40(64)31-63(45)50(68)47(53(3,4)5)60-46(65)32-69-27-28-70-41-21-17-37(18-22-41)36-11-13-38(14-12-36)48(66)61-51-54(6,7)52(55(51,8)9)71-42-23-24-44(57-10)43(56)30-42/h11-26,30,33,40,45,47,51-52,64H,27-29,31-32H2,1-9H3,(H,59,67)(H,60,65)(H,61,66)/t33-,40+,45-,47+,51?,52?/m0/s1. The lowest BCUT2D eigenvalue weighted by atomic mass is 9.49. The molecule has 2 fully saturated rings. The van der Waals surface area contributed by atoms with E-state index < -0.39 is 46.2 Å². The van der Waals surface area contributed by atoms with Crippen LogP contribution in [0, 0.1) is 29.7 Å². The minimum atomic E-state index is -0.996. The van der Waals surface area contributed by atoms with E-state index in [1.807, 2.05) is 106 Å². The van der Waals surface area contributed by atoms with Gasteiger partial charge in [0.05, 0.1) is 30.3 Å². The zero-order valence-corrected chi connectivity index (χ0v) is 42.5. The maximum atomic E-state index is 14.1. The molecule has 15 nitrogen and oxygen atoms in total. The number of aromatic nitrogens is 2. The Bertz CT molecular complexity index is 2740. The van der Waals surface area contributed by atoms with Crippen LogP contribution in [0.25, 0.3) is 21.7 Å². The number of benzene rings is 4. The molecule has 2 aliphatic rings. The number of hydrogen-bond acceptors (Lipinski definition) is 9. The van der Waals surface area contributed by atoms with Crippen molar-refractivity contribution in [3.8, 4) is 28.3 Å². The number of carbonyl (C=O) groups excluding carboxylic acids is 4. The smallest absolute Gasteiger partial charge is 0.251 e. The maximum Gasteiger partial charge on any atom is 0.251 e. The Labute approximate surface area is 421 Å². The predicted molar refractivity (Wildman–Crippen MR) is 272 cm³/mol. The molecule has 0 spiro atoms. The molecule has 374 valence electrons. The lowest BCUT2D eigenvalue weighted by Crippen LogP contribution is -2.74. The second-order valence-corrected chi connectivity index (χ2v) is 21.1. The normalized spacial score (nSPS) is 19.9. The zero-order chi connectivity index (χ0) is 51.4. The van der Waals surface area contributed by atoms with E-state index in [2.05, 4.69) is 53.5 Å². The Balaban J connectivity index is 0.847. The highest BCUT2D eigenvalue weighted by molar-refractivity contribution is 6.33. The highest BCUT2D eigenvalue weighted by Crippen LogP contribution is 2.56. The average molecular weight is 987 g/mol. The summed E-state index contributed by atoms with van der Waals surface area (Å²) in [7, 11) is 0. The number of aryl methyl sites for hydroxylation is 1. The highest BCUT2D eigenvalue weighted by Gasteiger charge is 2.64. The van der Waals surface area contributed by atoms with Crippen LogP contribution < -0.4 is 25.4 Å². The summed E-state index contributed by atoms with van der Waals surface area (Å²) in [6.07, 6.45) is 2.58. The van der Waals surface area contributed by atoms with Crippen molar-refractivity contribution in [3.63, 3.8) is 0 Å². The van der Waals surface area contributed by atoms with Crippen molar-refractivity contribution in [1.82, 2.24) is 30.4 Å². The second-order valence-electron chi connectivity index (χ2n) is 20.7. The van der Waals surface area contributed by atoms with Gasteiger partial charge in [-0.05, 0) is 84.5 Å². The second kappa shape index (κ2) is 21.3. The Morgan fingerprint density at radius 3 is 2.13 bits per heavy atom. The molecule has 1 saturated heterocycles. The lowest BCUT2D eigenvalue weighted by molar-refractivity contribution is -0.164. The van der Waals surface area contributed by atoms with Crippen LogP contribution in [0.2, 0.25) is 5.02 Å². The fraction of sp³-hybridized carbons (Fsp3) is 0.418. The molecule has 4 aromatic carbocycles. The van der Waals surface area contributed by atoms with Gasteiger partial charge in [-0.15, -0.1) is 0 Å². The van der Waals surface area contributed by atoms with Crippen LogP contribution in [0.15, 0.2) is 103 Å². The first-order valence-corrected chi connectivity index (χ1v) is 24.2. The summed E-state index contributed by atoms with van der Waals surface area (Å²) in [5, 5.41) is 20.1. The molecule has 1 aromatic heterocycles. The topological polar surface area (TPSA) is 178 Å². The van der Waals surface area contributed by atoms with E-state index in [0.29, 0.717) is 27.8 Å².